The Morgan fingerprint density at radius 3 is 2.65 bits per heavy atom. The van der Waals surface area contributed by atoms with Crippen molar-refractivity contribution in [3.8, 4) is 5.69 Å². The predicted octanol–water partition coefficient (Wildman–Crippen LogP) is 4.99. The molecule has 1 amide bonds. The molecule has 3 heterocycles. The van der Waals surface area contributed by atoms with Crippen LogP contribution in [-0.4, -0.2) is 42.1 Å². The third kappa shape index (κ3) is 3.47. The first-order valence-electron chi connectivity index (χ1n) is 10.2. The van der Waals surface area contributed by atoms with Crippen molar-refractivity contribution in [2.75, 3.05) is 6.54 Å². The molecule has 158 valence electrons. The summed E-state index contributed by atoms with van der Waals surface area (Å²) in [6, 6.07) is 13.0. The van der Waals surface area contributed by atoms with E-state index < -0.39 is 0 Å². The number of carbonyl (C=O) groups excluding carboxylic acids is 1. The molecular weight excluding hydrogens is 435 g/mol. The van der Waals surface area contributed by atoms with E-state index in [0.29, 0.717) is 34.5 Å². The summed E-state index contributed by atoms with van der Waals surface area (Å²) >= 11 is 12.7. The number of halogens is 2. The highest BCUT2D eigenvalue weighted by molar-refractivity contribution is 6.37. The van der Waals surface area contributed by atoms with Crippen LogP contribution in [0.25, 0.3) is 16.7 Å². The molecule has 2 aromatic heterocycles. The van der Waals surface area contributed by atoms with Crippen molar-refractivity contribution in [1.29, 1.82) is 0 Å². The average Bonchev–Trinajstić information content (AvgIpc) is 3.50. The van der Waals surface area contributed by atoms with Gasteiger partial charge in [-0.1, -0.05) is 48.3 Å². The molecular formula is C22H20Cl2N6O. The number of aryl methyl sites for hydroxylation is 1. The Labute approximate surface area is 189 Å². The highest BCUT2D eigenvalue weighted by Crippen LogP contribution is 2.33. The summed E-state index contributed by atoms with van der Waals surface area (Å²) in [6.07, 6.45) is 2.31. The van der Waals surface area contributed by atoms with Gasteiger partial charge in [-0.05, 0) is 37.1 Å². The van der Waals surface area contributed by atoms with Crippen LogP contribution in [-0.2, 0) is 6.42 Å². The van der Waals surface area contributed by atoms with E-state index in [1.54, 1.807) is 27.8 Å². The minimum Gasteiger partial charge on any atom is -0.340 e. The van der Waals surface area contributed by atoms with E-state index in [-0.39, 0.29) is 17.8 Å². The Bertz CT molecular complexity index is 1230. The van der Waals surface area contributed by atoms with Crippen LogP contribution in [0, 0.1) is 0 Å². The lowest BCUT2D eigenvalue weighted by Crippen LogP contribution is -2.32. The summed E-state index contributed by atoms with van der Waals surface area (Å²) in [4.78, 5) is 27.8. The first-order valence-corrected chi connectivity index (χ1v) is 11.0. The number of aromatic amines is 1. The van der Waals surface area contributed by atoms with Crippen molar-refractivity contribution in [1.82, 2.24) is 29.6 Å². The lowest BCUT2D eigenvalue weighted by atomic mass is 10.2. The Balaban J connectivity index is 1.50. The van der Waals surface area contributed by atoms with E-state index in [1.165, 1.54) is 0 Å². The third-order valence-electron chi connectivity index (χ3n) is 5.57. The molecule has 5 rings (SSSR count). The molecule has 1 N–H and O–H groups in total. The average molecular weight is 455 g/mol. The molecule has 1 fully saturated rings. The number of hydrogen-bond acceptors (Lipinski definition) is 4. The van der Waals surface area contributed by atoms with Gasteiger partial charge in [-0.2, -0.15) is 0 Å². The second kappa shape index (κ2) is 7.98. The molecule has 1 atom stereocenters. The number of benzene rings is 2. The van der Waals surface area contributed by atoms with Gasteiger partial charge < -0.3 is 9.88 Å². The topological polar surface area (TPSA) is 79.7 Å². The molecule has 0 radical (unpaired) electrons. The van der Waals surface area contributed by atoms with Gasteiger partial charge in [0.25, 0.3) is 5.91 Å². The SMILES string of the molecule is CCc1nc(C(=O)N2CCCC2c2nc3ccccc3[nH]2)nn1-c1c(Cl)cccc1Cl. The summed E-state index contributed by atoms with van der Waals surface area (Å²) in [5, 5.41) is 5.41. The van der Waals surface area contributed by atoms with E-state index in [9.17, 15) is 4.79 Å². The number of H-pyrrole nitrogens is 1. The van der Waals surface area contributed by atoms with Gasteiger partial charge in [-0.25, -0.2) is 14.6 Å². The lowest BCUT2D eigenvalue weighted by Gasteiger charge is -2.21. The number of aromatic nitrogens is 5. The van der Waals surface area contributed by atoms with Crippen molar-refractivity contribution >= 4 is 40.1 Å². The summed E-state index contributed by atoms with van der Waals surface area (Å²) in [7, 11) is 0. The third-order valence-corrected chi connectivity index (χ3v) is 6.18. The molecule has 0 aliphatic carbocycles. The molecule has 1 aliphatic heterocycles. The molecule has 31 heavy (non-hydrogen) atoms. The minimum absolute atomic E-state index is 0.135. The van der Waals surface area contributed by atoms with Crippen molar-refractivity contribution in [2.45, 2.75) is 32.2 Å². The summed E-state index contributed by atoms with van der Waals surface area (Å²) in [5.41, 5.74) is 2.38. The quantitative estimate of drug-likeness (QED) is 0.470. The molecule has 1 saturated heterocycles. The van der Waals surface area contributed by atoms with Gasteiger partial charge in [-0.3, -0.25) is 4.79 Å². The summed E-state index contributed by atoms with van der Waals surface area (Å²) in [6.45, 7) is 2.58. The monoisotopic (exact) mass is 454 g/mol. The van der Waals surface area contributed by atoms with Crippen LogP contribution in [0.1, 0.15) is 48.1 Å². The molecule has 9 heteroatoms. The Morgan fingerprint density at radius 1 is 1.13 bits per heavy atom. The maximum Gasteiger partial charge on any atom is 0.294 e. The Kier molecular flexibility index (Phi) is 5.16. The molecule has 7 nitrogen and oxygen atoms in total. The number of rotatable bonds is 4. The van der Waals surface area contributed by atoms with Crippen LogP contribution in [0.4, 0.5) is 0 Å². The standard InChI is InChI=1S/C22H20Cl2N6O/c1-2-18-27-21(28-30(18)19-13(23)7-5-8-14(19)24)22(31)29-12-6-11-17(29)20-25-15-9-3-4-10-16(15)26-20/h3-5,7-10,17H,2,6,11-12H2,1H3,(H,25,26). The van der Waals surface area contributed by atoms with Crippen molar-refractivity contribution in [3.63, 3.8) is 0 Å². The number of para-hydroxylation sites is 3. The van der Waals surface area contributed by atoms with E-state index >= 15 is 0 Å². The van der Waals surface area contributed by atoms with Gasteiger partial charge >= 0.3 is 0 Å². The summed E-state index contributed by atoms with van der Waals surface area (Å²) < 4.78 is 1.57. The minimum atomic E-state index is -0.223. The zero-order valence-corrected chi connectivity index (χ0v) is 18.4. The van der Waals surface area contributed by atoms with Crippen LogP contribution >= 0.6 is 23.2 Å². The number of nitrogens with one attached hydrogen (secondary N) is 1. The Morgan fingerprint density at radius 2 is 1.90 bits per heavy atom. The molecule has 4 aromatic rings. The second-order valence-corrected chi connectivity index (χ2v) is 8.30. The molecule has 2 aromatic carbocycles. The lowest BCUT2D eigenvalue weighted by molar-refractivity contribution is 0.0718. The summed E-state index contributed by atoms with van der Waals surface area (Å²) in [5.74, 6) is 1.32. The van der Waals surface area contributed by atoms with Gasteiger partial charge in [0.1, 0.15) is 17.3 Å². The number of nitrogens with zero attached hydrogens (tertiary/aromatic N) is 5. The van der Waals surface area contributed by atoms with Gasteiger partial charge in [0.15, 0.2) is 0 Å². The van der Waals surface area contributed by atoms with Crippen molar-refractivity contribution in [2.24, 2.45) is 0 Å². The fraction of sp³-hybridized carbons (Fsp3) is 0.273. The second-order valence-electron chi connectivity index (χ2n) is 7.48. The van der Waals surface area contributed by atoms with Crippen LogP contribution in [0.15, 0.2) is 42.5 Å². The Hall–Kier alpha value is -2.90. The molecule has 0 bridgehead atoms. The van der Waals surface area contributed by atoms with Crippen LogP contribution in [0.5, 0.6) is 0 Å². The van der Waals surface area contributed by atoms with Crippen LogP contribution < -0.4 is 0 Å². The maximum absolute atomic E-state index is 13.4. The number of amides is 1. The van der Waals surface area contributed by atoms with Gasteiger partial charge in [0.05, 0.1) is 27.1 Å². The fourth-order valence-electron chi connectivity index (χ4n) is 4.09. The van der Waals surface area contributed by atoms with E-state index in [0.717, 1.165) is 29.7 Å². The van der Waals surface area contributed by atoms with Crippen LogP contribution in [0.2, 0.25) is 10.0 Å². The zero-order valence-electron chi connectivity index (χ0n) is 16.8. The van der Waals surface area contributed by atoms with Gasteiger partial charge in [0.2, 0.25) is 5.82 Å². The highest BCUT2D eigenvalue weighted by Gasteiger charge is 2.35. The van der Waals surface area contributed by atoms with Crippen molar-refractivity contribution < 1.29 is 4.79 Å². The predicted molar refractivity (Wildman–Crippen MR) is 120 cm³/mol. The van der Waals surface area contributed by atoms with E-state index in [2.05, 4.69) is 15.1 Å². The first kappa shape index (κ1) is 20.0. The number of likely N-dealkylation sites (tertiary alicyclic amines) is 1. The van der Waals surface area contributed by atoms with Gasteiger partial charge in [0, 0.05) is 13.0 Å². The zero-order chi connectivity index (χ0) is 21.5. The highest BCUT2D eigenvalue weighted by atomic mass is 35.5. The van der Waals surface area contributed by atoms with Gasteiger partial charge in [-0.15, -0.1) is 5.10 Å². The molecule has 0 spiro atoms. The van der Waals surface area contributed by atoms with E-state index in [4.69, 9.17) is 28.2 Å². The maximum atomic E-state index is 13.4. The number of fused-ring (bicyclic) bond motifs is 1. The molecule has 1 aliphatic rings. The fourth-order valence-corrected chi connectivity index (χ4v) is 4.64. The smallest absolute Gasteiger partial charge is 0.294 e. The van der Waals surface area contributed by atoms with Crippen LogP contribution in [0.3, 0.4) is 0 Å². The number of imidazole rings is 1. The largest absolute Gasteiger partial charge is 0.340 e. The molecule has 1 unspecified atom stereocenters. The van der Waals surface area contributed by atoms with E-state index in [1.807, 2.05) is 31.2 Å². The van der Waals surface area contributed by atoms with Crippen molar-refractivity contribution in [3.05, 3.63) is 70.0 Å². The molecule has 0 saturated carbocycles. The first-order chi connectivity index (χ1) is 15.1. The normalized spacial score (nSPS) is 16.4. The number of hydrogen-bond donors (Lipinski definition) is 1. The number of carbonyl (C=O) groups is 1.